The highest BCUT2D eigenvalue weighted by molar-refractivity contribution is 7.89. The Morgan fingerprint density at radius 3 is 2.38 bits per heavy atom. The number of rotatable bonds is 7. The predicted molar refractivity (Wildman–Crippen MR) is 76.7 cm³/mol. The zero-order valence-electron chi connectivity index (χ0n) is 12.0. The fourth-order valence-corrected chi connectivity index (χ4v) is 3.61. The van der Waals surface area contributed by atoms with Gasteiger partial charge in [0.25, 0.3) is 0 Å². The van der Waals surface area contributed by atoms with Gasteiger partial charge in [-0.15, -0.1) is 0 Å². The summed E-state index contributed by atoms with van der Waals surface area (Å²) in [7, 11) is -3.89. The molecule has 2 N–H and O–H groups in total. The van der Waals surface area contributed by atoms with E-state index in [1.807, 2.05) is 6.92 Å². The Labute approximate surface area is 124 Å². The zero-order chi connectivity index (χ0) is 15.7. The molecule has 1 saturated carbocycles. The minimum atomic E-state index is -3.89. The van der Waals surface area contributed by atoms with Gasteiger partial charge in [0.2, 0.25) is 10.0 Å². The highest BCUT2D eigenvalue weighted by atomic mass is 32.2. The molecule has 7 heteroatoms. The lowest BCUT2D eigenvalue weighted by Gasteiger charge is -2.25. The average Bonchev–Trinajstić information content (AvgIpc) is 3.23. The summed E-state index contributed by atoms with van der Waals surface area (Å²) >= 11 is 0. The molecule has 1 atom stereocenters. The van der Waals surface area contributed by atoms with Gasteiger partial charge in [0.1, 0.15) is 11.3 Å². The SMILES string of the molecule is CCOc1ccc(S(=O)(=O)NC(C)(C(=O)O)C2CC2)cc1. The van der Waals surface area contributed by atoms with E-state index < -0.39 is 21.5 Å². The summed E-state index contributed by atoms with van der Waals surface area (Å²) in [6.07, 6.45) is 1.43. The number of hydrogen-bond acceptors (Lipinski definition) is 4. The van der Waals surface area contributed by atoms with Gasteiger partial charge < -0.3 is 9.84 Å². The first-order chi connectivity index (χ1) is 9.79. The number of hydrogen-bond donors (Lipinski definition) is 2. The van der Waals surface area contributed by atoms with Crippen molar-refractivity contribution in [3.8, 4) is 5.75 Å². The van der Waals surface area contributed by atoms with Crippen LogP contribution in [0.3, 0.4) is 0 Å². The summed E-state index contributed by atoms with van der Waals surface area (Å²) in [5.74, 6) is -0.744. The van der Waals surface area contributed by atoms with Gasteiger partial charge in [0, 0.05) is 0 Å². The van der Waals surface area contributed by atoms with Crippen molar-refractivity contribution < 1.29 is 23.1 Å². The van der Waals surface area contributed by atoms with E-state index in [0.717, 1.165) is 0 Å². The van der Waals surface area contributed by atoms with Crippen molar-refractivity contribution >= 4 is 16.0 Å². The molecule has 2 rings (SSSR count). The van der Waals surface area contributed by atoms with Crippen LogP contribution in [0.5, 0.6) is 5.75 Å². The number of ether oxygens (including phenoxy) is 1. The number of carbonyl (C=O) groups is 1. The maximum Gasteiger partial charge on any atom is 0.324 e. The lowest BCUT2D eigenvalue weighted by Crippen LogP contribution is -2.53. The van der Waals surface area contributed by atoms with Crippen molar-refractivity contribution in [3.05, 3.63) is 24.3 Å². The van der Waals surface area contributed by atoms with Gasteiger partial charge in [-0.3, -0.25) is 4.79 Å². The molecule has 1 aliphatic carbocycles. The summed E-state index contributed by atoms with van der Waals surface area (Å²) in [5, 5.41) is 9.32. The number of carboxylic acid groups (broad SMARTS) is 1. The van der Waals surface area contributed by atoms with Crippen LogP contribution < -0.4 is 9.46 Å². The van der Waals surface area contributed by atoms with Gasteiger partial charge in [-0.05, 0) is 56.9 Å². The van der Waals surface area contributed by atoms with Crippen molar-refractivity contribution in [2.75, 3.05) is 6.61 Å². The van der Waals surface area contributed by atoms with Crippen LogP contribution in [0.2, 0.25) is 0 Å². The molecule has 21 heavy (non-hydrogen) atoms. The van der Waals surface area contributed by atoms with E-state index in [0.29, 0.717) is 25.2 Å². The molecule has 1 aromatic carbocycles. The summed E-state index contributed by atoms with van der Waals surface area (Å²) in [4.78, 5) is 11.4. The van der Waals surface area contributed by atoms with Crippen LogP contribution in [-0.4, -0.2) is 31.6 Å². The first-order valence-corrected chi connectivity index (χ1v) is 8.28. The Bertz CT molecular complexity index is 621. The minimum Gasteiger partial charge on any atom is -0.494 e. The highest BCUT2D eigenvalue weighted by Crippen LogP contribution is 2.40. The largest absolute Gasteiger partial charge is 0.494 e. The molecule has 0 aliphatic heterocycles. The van der Waals surface area contributed by atoms with Crippen molar-refractivity contribution in [1.29, 1.82) is 0 Å². The Morgan fingerprint density at radius 1 is 1.38 bits per heavy atom. The fraction of sp³-hybridized carbons (Fsp3) is 0.500. The Hall–Kier alpha value is -1.60. The minimum absolute atomic E-state index is 0.0269. The monoisotopic (exact) mass is 313 g/mol. The zero-order valence-corrected chi connectivity index (χ0v) is 12.8. The quantitative estimate of drug-likeness (QED) is 0.798. The van der Waals surface area contributed by atoms with Crippen LogP contribution in [0.25, 0.3) is 0 Å². The molecule has 0 spiro atoms. The van der Waals surface area contributed by atoms with Crippen LogP contribution in [-0.2, 0) is 14.8 Å². The molecule has 0 radical (unpaired) electrons. The number of sulfonamides is 1. The van der Waals surface area contributed by atoms with Gasteiger partial charge in [-0.2, -0.15) is 4.72 Å². The van der Waals surface area contributed by atoms with E-state index in [4.69, 9.17) is 4.74 Å². The third-order valence-corrected chi connectivity index (χ3v) is 5.22. The lowest BCUT2D eigenvalue weighted by molar-refractivity contribution is -0.144. The molecular formula is C14H19NO5S. The Morgan fingerprint density at radius 2 is 1.95 bits per heavy atom. The molecule has 1 unspecified atom stereocenters. The average molecular weight is 313 g/mol. The summed E-state index contributed by atoms with van der Waals surface area (Å²) in [5.41, 5.74) is -1.46. The lowest BCUT2D eigenvalue weighted by atomic mass is 9.98. The van der Waals surface area contributed by atoms with Gasteiger partial charge in [0.05, 0.1) is 11.5 Å². The Balaban J connectivity index is 2.23. The first-order valence-electron chi connectivity index (χ1n) is 6.80. The van der Waals surface area contributed by atoms with Gasteiger partial charge in [0.15, 0.2) is 0 Å². The molecule has 0 heterocycles. The molecule has 0 bridgehead atoms. The second-order valence-electron chi connectivity index (χ2n) is 5.29. The fourth-order valence-electron chi connectivity index (χ4n) is 2.18. The molecular weight excluding hydrogens is 294 g/mol. The van der Waals surface area contributed by atoms with Gasteiger partial charge in [-0.1, -0.05) is 0 Å². The molecule has 6 nitrogen and oxygen atoms in total. The van der Waals surface area contributed by atoms with E-state index in [2.05, 4.69) is 4.72 Å². The van der Waals surface area contributed by atoms with E-state index >= 15 is 0 Å². The molecule has 1 aromatic rings. The second-order valence-corrected chi connectivity index (χ2v) is 6.97. The molecule has 116 valence electrons. The smallest absolute Gasteiger partial charge is 0.324 e. The summed E-state index contributed by atoms with van der Waals surface area (Å²) < 4.78 is 32.3. The number of benzene rings is 1. The van der Waals surface area contributed by atoms with Crippen LogP contribution in [0.15, 0.2) is 29.2 Å². The second kappa shape index (κ2) is 5.65. The molecule has 0 saturated heterocycles. The highest BCUT2D eigenvalue weighted by Gasteiger charge is 2.50. The summed E-state index contributed by atoms with van der Waals surface area (Å²) in [6, 6.07) is 5.91. The van der Waals surface area contributed by atoms with Crippen molar-refractivity contribution in [2.24, 2.45) is 5.92 Å². The molecule has 0 aromatic heterocycles. The van der Waals surface area contributed by atoms with E-state index in [-0.39, 0.29) is 10.8 Å². The van der Waals surface area contributed by atoms with E-state index in [1.165, 1.54) is 19.1 Å². The molecule has 0 amide bonds. The topological polar surface area (TPSA) is 92.7 Å². The van der Waals surface area contributed by atoms with Crippen LogP contribution in [0.1, 0.15) is 26.7 Å². The standard InChI is InChI=1S/C14H19NO5S/c1-3-20-11-6-8-12(9-7-11)21(18,19)15-14(2,13(16)17)10-4-5-10/h6-10,15H,3-5H2,1-2H3,(H,16,17). The van der Waals surface area contributed by atoms with Crippen LogP contribution >= 0.6 is 0 Å². The molecule has 1 fully saturated rings. The van der Waals surface area contributed by atoms with Crippen molar-refractivity contribution in [1.82, 2.24) is 4.72 Å². The summed E-state index contributed by atoms with van der Waals surface area (Å²) in [6.45, 7) is 3.74. The van der Waals surface area contributed by atoms with E-state index in [9.17, 15) is 18.3 Å². The third kappa shape index (κ3) is 3.36. The van der Waals surface area contributed by atoms with Crippen LogP contribution in [0, 0.1) is 5.92 Å². The molecule has 1 aliphatic rings. The van der Waals surface area contributed by atoms with Crippen LogP contribution in [0.4, 0.5) is 0 Å². The maximum atomic E-state index is 12.3. The van der Waals surface area contributed by atoms with Crippen molar-refractivity contribution in [2.45, 2.75) is 37.1 Å². The van der Waals surface area contributed by atoms with Gasteiger partial charge in [-0.25, -0.2) is 8.42 Å². The maximum absolute atomic E-state index is 12.3. The van der Waals surface area contributed by atoms with Crippen molar-refractivity contribution in [3.63, 3.8) is 0 Å². The van der Waals surface area contributed by atoms with Gasteiger partial charge >= 0.3 is 5.97 Å². The number of aliphatic carboxylic acids is 1. The Kier molecular flexibility index (Phi) is 4.25. The third-order valence-electron chi connectivity index (χ3n) is 3.63. The number of carboxylic acids is 1. The normalized spacial score (nSPS) is 18.0. The predicted octanol–water partition coefficient (Wildman–Crippen LogP) is 1.62. The first kappa shape index (κ1) is 15.8. The van der Waals surface area contributed by atoms with E-state index in [1.54, 1.807) is 12.1 Å². The number of nitrogens with one attached hydrogen (secondary N) is 1.